The summed E-state index contributed by atoms with van der Waals surface area (Å²) in [7, 11) is 0. The van der Waals surface area contributed by atoms with Crippen LogP contribution in [0.15, 0.2) is 12.1 Å². The Hall–Kier alpha value is -0.430. The Balaban J connectivity index is 0. The SMILES string of the molecule is CCC(C)c1cc(Cl)cc(Cl)c1OCC(=O)NCCCNCCCCN.Cl.Cl. The number of ether oxygens (including phenoxy) is 1. The highest BCUT2D eigenvalue weighted by Crippen LogP contribution is 2.37. The standard InChI is InChI=1S/C19H31Cl2N3O2.2ClH/c1-3-14(2)16-11-15(20)12-17(21)19(16)26-13-18(25)24-10-6-9-23-8-5-4-7-22;;/h11-12,14,23H,3-10,13,22H2,1-2H3,(H,24,25);2*1H. The highest BCUT2D eigenvalue weighted by atomic mass is 35.5. The lowest BCUT2D eigenvalue weighted by Gasteiger charge is -2.17. The molecule has 0 fully saturated rings. The molecule has 9 heteroatoms. The minimum atomic E-state index is -0.158. The van der Waals surface area contributed by atoms with Crippen molar-refractivity contribution < 1.29 is 9.53 Å². The number of carbonyl (C=O) groups excluding carboxylic acids is 1. The smallest absolute Gasteiger partial charge is 0.257 e. The van der Waals surface area contributed by atoms with Crippen LogP contribution in [0, 0.1) is 0 Å². The number of carbonyl (C=O) groups is 1. The van der Waals surface area contributed by atoms with Crippen LogP contribution in [-0.4, -0.2) is 38.7 Å². The van der Waals surface area contributed by atoms with Gasteiger partial charge in [-0.2, -0.15) is 0 Å². The molecule has 0 bridgehead atoms. The zero-order valence-corrected chi connectivity index (χ0v) is 19.7. The Bertz CT molecular complexity index is 562. The van der Waals surface area contributed by atoms with Gasteiger partial charge in [0.05, 0.1) is 5.02 Å². The molecular formula is C19H33Cl4N3O2. The van der Waals surface area contributed by atoms with Crippen molar-refractivity contribution in [2.45, 2.75) is 45.4 Å². The lowest BCUT2D eigenvalue weighted by molar-refractivity contribution is -0.123. The van der Waals surface area contributed by atoms with Crippen LogP contribution in [-0.2, 0) is 4.79 Å². The van der Waals surface area contributed by atoms with Crippen LogP contribution in [0.1, 0.15) is 51.0 Å². The van der Waals surface area contributed by atoms with Gasteiger partial charge in [0.1, 0.15) is 5.75 Å². The molecule has 0 aliphatic carbocycles. The summed E-state index contributed by atoms with van der Waals surface area (Å²) in [5.74, 6) is 0.631. The summed E-state index contributed by atoms with van der Waals surface area (Å²) >= 11 is 12.4. The molecule has 0 heterocycles. The second-order valence-electron chi connectivity index (χ2n) is 6.35. The van der Waals surface area contributed by atoms with Crippen molar-refractivity contribution in [3.8, 4) is 5.75 Å². The number of halogens is 4. The van der Waals surface area contributed by atoms with Crippen LogP contribution < -0.4 is 21.1 Å². The molecule has 0 saturated carbocycles. The van der Waals surface area contributed by atoms with E-state index in [-0.39, 0.29) is 43.2 Å². The number of unbranched alkanes of at least 4 members (excludes halogenated alkanes) is 1. The third-order valence-corrected chi connectivity index (χ3v) is 4.69. The molecular weight excluding hydrogens is 444 g/mol. The maximum absolute atomic E-state index is 12.0. The van der Waals surface area contributed by atoms with E-state index in [1.165, 1.54) is 0 Å². The number of nitrogens with two attached hydrogens (primary N) is 1. The predicted molar refractivity (Wildman–Crippen MR) is 124 cm³/mol. The zero-order valence-electron chi connectivity index (χ0n) is 16.6. The van der Waals surface area contributed by atoms with Crippen molar-refractivity contribution >= 4 is 53.9 Å². The number of amides is 1. The molecule has 1 aromatic rings. The van der Waals surface area contributed by atoms with Crippen LogP contribution in [0.2, 0.25) is 10.0 Å². The summed E-state index contributed by atoms with van der Waals surface area (Å²) in [4.78, 5) is 12.0. The minimum Gasteiger partial charge on any atom is -0.482 e. The fourth-order valence-corrected chi connectivity index (χ4v) is 3.03. The van der Waals surface area contributed by atoms with Crippen molar-refractivity contribution in [1.82, 2.24) is 10.6 Å². The van der Waals surface area contributed by atoms with E-state index in [1.807, 2.05) is 6.07 Å². The maximum atomic E-state index is 12.0. The van der Waals surface area contributed by atoms with Gasteiger partial charge in [-0.05, 0) is 68.9 Å². The first kappa shape index (κ1) is 29.8. The summed E-state index contributed by atoms with van der Waals surface area (Å²) in [5.41, 5.74) is 6.37. The van der Waals surface area contributed by atoms with Gasteiger partial charge in [-0.15, -0.1) is 24.8 Å². The average molecular weight is 477 g/mol. The Kier molecular flexibility index (Phi) is 18.5. The quantitative estimate of drug-likeness (QED) is 0.364. The van der Waals surface area contributed by atoms with E-state index in [0.717, 1.165) is 50.9 Å². The molecule has 0 spiro atoms. The summed E-state index contributed by atoms with van der Waals surface area (Å²) in [6.07, 6.45) is 3.91. The van der Waals surface area contributed by atoms with Gasteiger partial charge in [-0.1, -0.05) is 37.0 Å². The summed E-state index contributed by atoms with van der Waals surface area (Å²) in [5, 5.41) is 7.18. The van der Waals surface area contributed by atoms with Crippen LogP contribution in [0.5, 0.6) is 5.75 Å². The molecule has 28 heavy (non-hydrogen) atoms. The highest BCUT2D eigenvalue weighted by molar-refractivity contribution is 6.35. The summed E-state index contributed by atoms with van der Waals surface area (Å²) in [6.45, 7) is 7.27. The maximum Gasteiger partial charge on any atom is 0.257 e. The van der Waals surface area contributed by atoms with Gasteiger partial charge in [-0.25, -0.2) is 0 Å². The summed E-state index contributed by atoms with van der Waals surface area (Å²) in [6, 6.07) is 3.49. The third kappa shape index (κ3) is 11.5. The van der Waals surface area contributed by atoms with Gasteiger partial charge >= 0.3 is 0 Å². The lowest BCUT2D eigenvalue weighted by Crippen LogP contribution is -2.31. The fourth-order valence-electron chi connectivity index (χ4n) is 2.47. The second kappa shape index (κ2) is 17.4. The molecule has 0 saturated heterocycles. The van der Waals surface area contributed by atoms with Crippen molar-refractivity contribution in [3.63, 3.8) is 0 Å². The van der Waals surface area contributed by atoms with Crippen molar-refractivity contribution in [2.75, 3.05) is 32.8 Å². The van der Waals surface area contributed by atoms with Crippen LogP contribution in [0.25, 0.3) is 0 Å². The molecule has 1 amide bonds. The van der Waals surface area contributed by atoms with E-state index in [9.17, 15) is 4.79 Å². The van der Waals surface area contributed by atoms with Gasteiger partial charge in [0.25, 0.3) is 5.91 Å². The van der Waals surface area contributed by atoms with Crippen molar-refractivity contribution in [3.05, 3.63) is 27.7 Å². The molecule has 0 aliphatic heterocycles. The average Bonchev–Trinajstić information content (AvgIpc) is 2.61. The zero-order chi connectivity index (χ0) is 19.4. The van der Waals surface area contributed by atoms with Crippen LogP contribution in [0.4, 0.5) is 0 Å². The molecule has 5 nitrogen and oxygen atoms in total. The van der Waals surface area contributed by atoms with Gasteiger partial charge in [0.15, 0.2) is 6.61 Å². The van der Waals surface area contributed by atoms with Gasteiger partial charge in [-0.3, -0.25) is 4.79 Å². The minimum absolute atomic E-state index is 0. The van der Waals surface area contributed by atoms with Crippen molar-refractivity contribution in [1.29, 1.82) is 0 Å². The number of hydrogen-bond donors (Lipinski definition) is 3. The lowest BCUT2D eigenvalue weighted by atomic mass is 9.98. The van der Waals surface area contributed by atoms with E-state index in [1.54, 1.807) is 6.07 Å². The molecule has 4 N–H and O–H groups in total. The molecule has 164 valence electrons. The van der Waals surface area contributed by atoms with Crippen molar-refractivity contribution in [2.24, 2.45) is 5.73 Å². The Morgan fingerprint density at radius 1 is 1.14 bits per heavy atom. The monoisotopic (exact) mass is 475 g/mol. The number of nitrogens with one attached hydrogen (secondary N) is 2. The first-order valence-corrected chi connectivity index (χ1v) is 10.0. The molecule has 1 rings (SSSR count). The molecule has 0 radical (unpaired) electrons. The van der Waals surface area contributed by atoms with E-state index >= 15 is 0 Å². The Morgan fingerprint density at radius 2 is 1.82 bits per heavy atom. The summed E-state index contributed by atoms with van der Waals surface area (Å²) < 4.78 is 5.70. The van der Waals surface area contributed by atoms with Gasteiger partial charge in [0, 0.05) is 11.6 Å². The Morgan fingerprint density at radius 3 is 2.46 bits per heavy atom. The first-order valence-electron chi connectivity index (χ1n) is 9.28. The number of rotatable bonds is 13. The van der Waals surface area contributed by atoms with Crippen LogP contribution >= 0.6 is 48.0 Å². The number of benzene rings is 1. The Labute approximate surface area is 191 Å². The van der Waals surface area contributed by atoms with Gasteiger partial charge in [0.2, 0.25) is 0 Å². The van der Waals surface area contributed by atoms with E-state index < -0.39 is 0 Å². The normalized spacial score (nSPS) is 11.2. The van der Waals surface area contributed by atoms with E-state index in [4.69, 9.17) is 33.7 Å². The topological polar surface area (TPSA) is 76.4 Å². The largest absolute Gasteiger partial charge is 0.482 e. The number of hydrogen-bond acceptors (Lipinski definition) is 4. The van der Waals surface area contributed by atoms with Gasteiger partial charge < -0.3 is 21.1 Å². The molecule has 0 aliphatic rings. The third-order valence-electron chi connectivity index (χ3n) is 4.19. The molecule has 1 unspecified atom stereocenters. The molecule has 1 atom stereocenters. The highest BCUT2D eigenvalue weighted by Gasteiger charge is 2.16. The molecule has 0 aromatic heterocycles. The second-order valence-corrected chi connectivity index (χ2v) is 7.20. The van der Waals surface area contributed by atoms with Crippen LogP contribution in [0.3, 0.4) is 0 Å². The van der Waals surface area contributed by atoms with E-state index in [2.05, 4.69) is 24.5 Å². The first-order chi connectivity index (χ1) is 12.5. The fraction of sp³-hybridized carbons (Fsp3) is 0.632. The molecule has 1 aromatic carbocycles. The van der Waals surface area contributed by atoms with E-state index in [0.29, 0.717) is 22.3 Å². The predicted octanol–water partition coefficient (Wildman–Crippen LogP) is 4.56.